The third kappa shape index (κ3) is 4.89. The molecule has 0 aliphatic rings. The minimum atomic E-state index is -1.01. The Morgan fingerprint density at radius 1 is 1.21 bits per heavy atom. The zero-order valence-electron chi connectivity index (χ0n) is 15.7. The summed E-state index contributed by atoms with van der Waals surface area (Å²) >= 11 is 0. The third-order valence-electron chi connectivity index (χ3n) is 4.07. The Kier molecular flexibility index (Phi) is 6.07. The van der Waals surface area contributed by atoms with Gasteiger partial charge in [0, 0.05) is 16.9 Å². The fourth-order valence-electron chi connectivity index (χ4n) is 2.52. The number of hydrogen-bond donors (Lipinski definition) is 3. The van der Waals surface area contributed by atoms with Crippen molar-refractivity contribution in [3.05, 3.63) is 78.3 Å². The first-order valence-electron chi connectivity index (χ1n) is 8.64. The van der Waals surface area contributed by atoms with E-state index in [1.807, 2.05) is 0 Å². The van der Waals surface area contributed by atoms with Crippen LogP contribution < -0.4 is 15.4 Å². The van der Waals surface area contributed by atoms with Gasteiger partial charge in [0.2, 0.25) is 5.95 Å². The molecule has 2 aromatic carbocycles. The molecule has 0 aliphatic carbocycles. The third-order valence-corrected chi connectivity index (χ3v) is 4.07. The lowest BCUT2D eigenvalue weighted by molar-refractivity contribution is 0.221. The molecule has 0 saturated heterocycles. The number of aliphatic hydroxyl groups is 1. The summed E-state index contributed by atoms with van der Waals surface area (Å²) < 4.78 is 19.3. The van der Waals surface area contributed by atoms with Crippen LogP contribution >= 0.6 is 0 Å². The second-order valence-corrected chi connectivity index (χ2v) is 6.07. The molecular formula is C22H19FN4O2. The van der Waals surface area contributed by atoms with E-state index in [4.69, 9.17) is 11.2 Å². The van der Waals surface area contributed by atoms with Gasteiger partial charge in [0.25, 0.3) is 0 Å². The molecular weight excluding hydrogens is 371 g/mol. The first-order valence-corrected chi connectivity index (χ1v) is 8.64. The van der Waals surface area contributed by atoms with Crippen LogP contribution in [-0.4, -0.2) is 22.2 Å². The first-order chi connectivity index (χ1) is 14.0. The molecule has 1 unspecified atom stereocenters. The van der Waals surface area contributed by atoms with Crippen molar-refractivity contribution in [2.75, 3.05) is 17.7 Å². The quantitative estimate of drug-likeness (QED) is 0.521. The molecule has 0 fully saturated rings. The number of benzene rings is 2. The maximum atomic E-state index is 14.2. The van der Waals surface area contributed by atoms with E-state index in [-0.39, 0.29) is 17.3 Å². The van der Waals surface area contributed by atoms with Crippen molar-refractivity contribution < 1.29 is 14.2 Å². The summed E-state index contributed by atoms with van der Waals surface area (Å²) in [5.41, 5.74) is 2.02. The SMILES string of the molecule is C#CC(=C)C(O)c1cccc(Nc2nc(Nc3ccc(OC)cc3)ncc2F)c1. The predicted octanol–water partition coefficient (Wildman–Crippen LogP) is 4.33. The lowest BCUT2D eigenvalue weighted by Crippen LogP contribution is -2.04. The van der Waals surface area contributed by atoms with Crippen LogP contribution in [0.3, 0.4) is 0 Å². The molecule has 0 saturated carbocycles. The smallest absolute Gasteiger partial charge is 0.229 e. The fraction of sp³-hybridized carbons (Fsp3) is 0.0909. The monoisotopic (exact) mass is 390 g/mol. The molecule has 0 bridgehead atoms. The van der Waals surface area contributed by atoms with E-state index in [1.54, 1.807) is 55.6 Å². The number of rotatable bonds is 7. The second-order valence-electron chi connectivity index (χ2n) is 6.07. The summed E-state index contributed by atoms with van der Waals surface area (Å²) in [5, 5.41) is 16.1. The summed E-state index contributed by atoms with van der Waals surface area (Å²) in [5.74, 6) is 2.62. The van der Waals surface area contributed by atoms with Crippen molar-refractivity contribution >= 4 is 23.1 Å². The molecule has 3 N–H and O–H groups in total. The predicted molar refractivity (Wildman–Crippen MR) is 111 cm³/mol. The van der Waals surface area contributed by atoms with Crippen LogP contribution in [0.5, 0.6) is 5.75 Å². The molecule has 0 radical (unpaired) electrons. The zero-order chi connectivity index (χ0) is 20.8. The van der Waals surface area contributed by atoms with E-state index >= 15 is 0 Å². The summed E-state index contributed by atoms with van der Waals surface area (Å²) in [6.45, 7) is 3.64. The van der Waals surface area contributed by atoms with Crippen molar-refractivity contribution in [1.82, 2.24) is 9.97 Å². The van der Waals surface area contributed by atoms with Crippen molar-refractivity contribution in [2.45, 2.75) is 6.10 Å². The molecule has 3 rings (SSSR count). The highest BCUT2D eigenvalue weighted by Gasteiger charge is 2.12. The normalized spacial score (nSPS) is 11.2. The van der Waals surface area contributed by atoms with Gasteiger partial charge in [-0.2, -0.15) is 4.98 Å². The van der Waals surface area contributed by atoms with E-state index in [0.717, 1.165) is 11.9 Å². The summed E-state index contributed by atoms with van der Waals surface area (Å²) in [6.07, 6.45) is 5.34. The van der Waals surface area contributed by atoms with Crippen molar-refractivity contribution in [2.24, 2.45) is 0 Å². The van der Waals surface area contributed by atoms with Crippen molar-refractivity contribution in [1.29, 1.82) is 0 Å². The molecule has 0 aliphatic heterocycles. The number of terminal acetylenes is 1. The van der Waals surface area contributed by atoms with Crippen LogP contribution in [0.1, 0.15) is 11.7 Å². The Morgan fingerprint density at radius 3 is 2.66 bits per heavy atom. The number of anilines is 4. The van der Waals surface area contributed by atoms with Crippen molar-refractivity contribution in [3.63, 3.8) is 0 Å². The summed E-state index contributed by atoms with van der Waals surface area (Å²) in [7, 11) is 1.58. The van der Waals surface area contributed by atoms with Gasteiger partial charge in [-0.3, -0.25) is 0 Å². The molecule has 1 atom stereocenters. The van der Waals surface area contributed by atoms with Gasteiger partial charge in [-0.1, -0.05) is 24.6 Å². The van der Waals surface area contributed by atoms with E-state index < -0.39 is 11.9 Å². The summed E-state index contributed by atoms with van der Waals surface area (Å²) in [4.78, 5) is 8.14. The average molecular weight is 390 g/mol. The number of nitrogens with one attached hydrogen (secondary N) is 2. The van der Waals surface area contributed by atoms with E-state index in [2.05, 4.69) is 33.1 Å². The van der Waals surface area contributed by atoms with Gasteiger partial charge in [0.05, 0.1) is 13.3 Å². The van der Waals surface area contributed by atoms with E-state index in [1.165, 1.54) is 0 Å². The van der Waals surface area contributed by atoms with Gasteiger partial charge in [0.1, 0.15) is 11.9 Å². The number of nitrogens with zero attached hydrogens (tertiary/aromatic N) is 2. The highest BCUT2D eigenvalue weighted by molar-refractivity contribution is 5.61. The number of halogens is 1. The minimum absolute atomic E-state index is 0.0153. The van der Waals surface area contributed by atoms with Crippen LogP contribution in [0.2, 0.25) is 0 Å². The van der Waals surface area contributed by atoms with Crippen LogP contribution in [0.15, 0.2) is 66.9 Å². The number of ether oxygens (including phenoxy) is 1. The van der Waals surface area contributed by atoms with Gasteiger partial charge in [-0.05, 0) is 42.0 Å². The van der Waals surface area contributed by atoms with E-state index in [9.17, 15) is 9.50 Å². The number of methoxy groups -OCH3 is 1. The topological polar surface area (TPSA) is 79.3 Å². The Hall–Kier alpha value is -3.89. The molecule has 29 heavy (non-hydrogen) atoms. The largest absolute Gasteiger partial charge is 0.497 e. The van der Waals surface area contributed by atoms with Crippen LogP contribution in [-0.2, 0) is 0 Å². The molecule has 146 valence electrons. The van der Waals surface area contributed by atoms with Crippen LogP contribution in [0.25, 0.3) is 0 Å². The Labute approximate surface area is 168 Å². The van der Waals surface area contributed by atoms with Gasteiger partial charge >= 0.3 is 0 Å². The van der Waals surface area contributed by atoms with Crippen LogP contribution in [0.4, 0.5) is 27.5 Å². The number of hydrogen-bond acceptors (Lipinski definition) is 6. The Bertz CT molecular complexity index is 1060. The second kappa shape index (κ2) is 8.87. The zero-order valence-corrected chi connectivity index (χ0v) is 15.7. The van der Waals surface area contributed by atoms with Gasteiger partial charge in [0.15, 0.2) is 11.6 Å². The summed E-state index contributed by atoms with van der Waals surface area (Å²) in [6, 6.07) is 13.9. The molecule has 1 heterocycles. The average Bonchev–Trinajstić information content (AvgIpc) is 2.75. The lowest BCUT2D eigenvalue weighted by atomic mass is 10.0. The molecule has 7 heteroatoms. The maximum absolute atomic E-state index is 14.2. The van der Waals surface area contributed by atoms with E-state index in [0.29, 0.717) is 17.0 Å². The van der Waals surface area contributed by atoms with Crippen LogP contribution in [0, 0.1) is 18.2 Å². The molecule has 1 aromatic heterocycles. The van der Waals surface area contributed by atoms with Gasteiger partial charge < -0.3 is 20.5 Å². The standard InChI is InChI=1S/C22H19FN4O2/c1-4-14(2)20(28)15-6-5-7-17(12-15)25-21-19(23)13-24-22(27-21)26-16-8-10-18(29-3)11-9-16/h1,5-13,20,28H,2H2,3H3,(H2,24,25,26,27). The number of aromatic nitrogens is 2. The highest BCUT2D eigenvalue weighted by atomic mass is 19.1. The molecule has 0 amide bonds. The first kappa shape index (κ1) is 19.9. The Balaban J connectivity index is 1.80. The highest BCUT2D eigenvalue weighted by Crippen LogP contribution is 2.26. The van der Waals surface area contributed by atoms with Gasteiger partial charge in [-0.15, -0.1) is 6.42 Å². The van der Waals surface area contributed by atoms with Gasteiger partial charge in [-0.25, -0.2) is 9.37 Å². The van der Waals surface area contributed by atoms with Crippen molar-refractivity contribution in [3.8, 4) is 18.1 Å². The fourth-order valence-corrected chi connectivity index (χ4v) is 2.52. The lowest BCUT2D eigenvalue weighted by Gasteiger charge is -2.13. The number of aliphatic hydroxyl groups excluding tert-OH is 1. The molecule has 0 spiro atoms. The Morgan fingerprint density at radius 2 is 1.97 bits per heavy atom. The molecule has 6 nitrogen and oxygen atoms in total. The minimum Gasteiger partial charge on any atom is -0.497 e. The molecule has 3 aromatic rings. The maximum Gasteiger partial charge on any atom is 0.229 e.